The third-order valence-corrected chi connectivity index (χ3v) is 4.14. The summed E-state index contributed by atoms with van der Waals surface area (Å²) in [5.41, 5.74) is 7.25. The van der Waals surface area contributed by atoms with E-state index in [1.54, 1.807) is 6.07 Å². The fourth-order valence-corrected chi connectivity index (χ4v) is 2.79. The molecule has 0 bridgehead atoms. The van der Waals surface area contributed by atoms with E-state index < -0.39 is 4.92 Å². The molecular formula is C16H14ClN3O3. The predicted octanol–water partition coefficient (Wildman–Crippen LogP) is 3.57. The number of nitrogens with two attached hydrogens (primary N) is 1. The second-order valence-corrected chi connectivity index (χ2v) is 5.96. The Labute approximate surface area is 137 Å². The zero-order chi connectivity index (χ0) is 16.6. The molecule has 0 aliphatic heterocycles. The van der Waals surface area contributed by atoms with Gasteiger partial charge in [0.05, 0.1) is 16.3 Å². The van der Waals surface area contributed by atoms with Crippen molar-refractivity contribution < 1.29 is 9.72 Å². The molecule has 23 heavy (non-hydrogen) atoms. The van der Waals surface area contributed by atoms with Gasteiger partial charge in [-0.15, -0.1) is 0 Å². The van der Waals surface area contributed by atoms with Gasteiger partial charge in [0, 0.05) is 23.1 Å². The number of nitro groups is 1. The number of carbonyl (C=O) groups excluding carboxylic acids is 1. The molecule has 1 saturated carbocycles. The minimum atomic E-state index is -0.530. The first-order valence-corrected chi connectivity index (χ1v) is 7.44. The molecular weight excluding hydrogens is 318 g/mol. The van der Waals surface area contributed by atoms with E-state index in [1.807, 2.05) is 18.2 Å². The van der Waals surface area contributed by atoms with E-state index >= 15 is 0 Å². The fraction of sp³-hybridized carbons (Fsp3) is 0.188. The SMILES string of the molecule is Nc1cc([N+](=O)[O-])ccc1NC(=O)[C@H]1CC1c1cccc(Cl)c1. The largest absolute Gasteiger partial charge is 0.397 e. The third kappa shape index (κ3) is 3.27. The summed E-state index contributed by atoms with van der Waals surface area (Å²) in [4.78, 5) is 22.4. The lowest BCUT2D eigenvalue weighted by atomic mass is 10.1. The van der Waals surface area contributed by atoms with E-state index in [-0.39, 0.29) is 29.1 Å². The molecule has 1 aliphatic carbocycles. The molecule has 1 aliphatic rings. The maximum atomic E-state index is 12.3. The van der Waals surface area contributed by atoms with Gasteiger partial charge < -0.3 is 11.1 Å². The van der Waals surface area contributed by atoms with Gasteiger partial charge in [-0.3, -0.25) is 14.9 Å². The average molecular weight is 332 g/mol. The monoisotopic (exact) mass is 331 g/mol. The average Bonchev–Trinajstić information content (AvgIpc) is 3.29. The van der Waals surface area contributed by atoms with E-state index in [2.05, 4.69) is 5.32 Å². The van der Waals surface area contributed by atoms with Crippen molar-refractivity contribution in [3.8, 4) is 0 Å². The Morgan fingerprint density at radius 3 is 2.74 bits per heavy atom. The van der Waals surface area contributed by atoms with Crippen molar-refractivity contribution in [3.05, 3.63) is 63.2 Å². The normalized spacial score (nSPS) is 19.2. The molecule has 1 unspecified atom stereocenters. The predicted molar refractivity (Wildman–Crippen MR) is 88.4 cm³/mol. The van der Waals surface area contributed by atoms with Crippen LogP contribution in [0, 0.1) is 16.0 Å². The van der Waals surface area contributed by atoms with E-state index in [1.165, 1.54) is 18.2 Å². The highest BCUT2D eigenvalue weighted by molar-refractivity contribution is 6.30. The topological polar surface area (TPSA) is 98.3 Å². The highest BCUT2D eigenvalue weighted by atomic mass is 35.5. The molecule has 0 saturated heterocycles. The molecule has 2 atom stereocenters. The maximum absolute atomic E-state index is 12.3. The summed E-state index contributed by atoms with van der Waals surface area (Å²) in [6.07, 6.45) is 0.749. The van der Waals surface area contributed by atoms with Crippen LogP contribution in [0.2, 0.25) is 5.02 Å². The van der Waals surface area contributed by atoms with Crippen molar-refractivity contribution in [2.45, 2.75) is 12.3 Å². The number of nitrogen functional groups attached to an aromatic ring is 1. The highest BCUT2D eigenvalue weighted by Crippen LogP contribution is 2.48. The summed E-state index contributed by atoms with van der Waals surface area (Å²) in [7, 11) is 0. The van der Waals surface area contributed by atoms with Crippen LogP contribution >= 0.6 is 11.6 Å². The lowest BCUT2D eigenvalue weighted by Crippen LogP contribution is -2.15. The number of nitro benzene ring substituents is 1. The van der Waals surface area contributed by atoms with E-state index in [0.717, 1.165) is 12.0 Å². The molecule has 118 valence electrons. The van der Waals surface area contributed by atoms with Crippen LogP contribution in [0.1, 0.15) is 17.9 Å². The van der Waals surface area contributed by atoms with Gasteiger partial charge >= 0.3 is 0 Å². The summed E-state index contributed by atoms with van der Waals surface area (Å²) in [5, 5.41) is 14.1. The van der Waals surface area contributed by atoms with Gasteiger partial charge in [-0.1, -0.05) is 23.7 Å². The molecule has 1 amide bonds. The summed E-state index contributed by atoms with van der Waals surface area (Å²) >= 11 is 5.96. The Morgan fingerprint density at radius 1 is 1.30 bits per heavy atom. The Bertz CT molecular complexity index is 794. The van der Waals surface area contributed by atoms with Crippen molar-refractivity contribution in [3.63, 3.8) is 0 Å². The number of carbonyl (C=O) groups is 1. The number of nitrogens with zero attached hydrogens (tertiary/aromatic N) is 1. The first-order valence-electron chi connectivity index (χ1n) is 7.06. The van der Waals surface area contributed by atoms with Crippen LogP contribution in [-0.2, 0) is 4.79 Å². The number of anilines is 2. The van der Waals surface area contributed by atoms with E-state index in [9.17, 15) is 14.9 Å². The quantitative estimate of drug-likeness (QED) is 0.508. The number of hydrogen-bond donors (Lipinski definition) is 2. The van der Waals surface area contributed by atoms with Gasteiger partial charge in [0.25, 0.3) is 5.69 Å². The molecule has 6 nitrogen and oxygen atoms in total. The van der Waals surface area contributed by atoms with Crippen LogP contribution in [0.4, 0.5) is 17.1 Å². The summed E-state index contributed by atoms with van der Waals surface area (Å²) in [6, 6.07) is 11.5. The molecule has 0 heterocycles. The number of halogens is 1. The standard InChI is InChI=1S/C16H14ClN3O3/c17-10-3-1-2-9(6-10)12-8-13(12)16(21)19-15-5-4-11(20(22)23)7-14(15)18/h1-7,12-13H,8,18H2,(H,19,21)/t12?,13-/m0/s1. The Kier molecular flexibility index (Phi) is 3.92. The van der Waals surface area contributed by atoms with E-state index in [4.69, 9.17) is 17.3 Å². The third-order valence-electron chi connectivity index (χ3n) is 3.91. The fourth-order valence-electron chi connectivity index (χ4n) is 2.59. The first-order chi connectivity index (χ1) is 11.0. The van der Waals surface area contributed by atoms with Crippen LogP contribution < -0.4 is 11.1 Å². The van der Waals surface area contributed by atoms with E-state index in [0.29, 0.717) is 10.7 Å². The van der Waals surface area contributed by atoms with Crippen molar-refractivity contribution >= 4 is 34.6 Å². The van der Waals surface area contributed by atoms with Gasteiger partial charge in [0.2, 0.25) is 5.91 Å². The van der Waals surface area contributed by atoms with Crippen LogP contribution in [0.3, 0.4) is 0 Å². The number of rotatable bonds is 4. The molecule has 0 radical (unpaired) electrons. The van der Waals surface area contributed by atoms with Gasteiger partial charge in [0.15, 0.2) is 0 Å². The molecule has 0 spiro atoms. The summed E-state index contributed by atoms with van der Waals surface area (Å²) < 4.78 is 0. The number of benzene rings is 2. The van der Waals surface area contributed by atoms with Crippen LogP contribution in [0.5, 0.6) is 0 Å². The summed E-state index contributed by atoms with van der Waals surface area (Å²) in [5.74, 6) is -0.133. The molecule has 3 rings (SSSR count). The second-order valence-electron chi connectivity index (χ2n) is 5.52. The number of nitrogens with one attached hydrogen (secondary N) is 1. The lowest BCUT2D eigenvalue weighted by Gasteiger charge is -2.08. The summed E-state index contributed by atoms with van der Waals surface area (Å²) in [6.45, 7) is 0. The van der Waals surface area contributed by atoms with Gasteiger partial charge in [-0.25, -0.2) is 0 Å². The zero-order valence-corrected chi connectivity index (χ0v) is 12.8. The Morgan fingerprint density at radius 2 is 2.09 bits per heavy atom. The van der Waals surface area contributed by atoms with Crippen molar-refractivity contribution in [1.29, 1.82) is 0 Å². The molecule has 2 aromatic carbocycles. The van der Waals surface area contributed by atoms with Crippen molar-refractivity contribution in [2.24, 2.45) is 5.92 Å². The van der Waals surface area contributed by atoms with Gasteiger partial charge in [0.1, 0.15) is 0 Å². The number of amides is 1. The second kappa shape index (κ2) is 5.89. The van der Waals surface area contributed by atoms with Crippen LogP contribution in [0.15, 0.2) is 42.5 Å². The Hall–Kier alpha value is -2.60. The molecule has 0 aromatic heterocycles. The molecule has 7 heteroatoms. The van der Waals surface area contributed by atoms with Gasteiger partial charge in [-0.2, -0.15) is 0 Å². The smallest absolute Gasteiger partial charge is 0.271 e. The number of hydrogen-bond acceptors (Lipinski definition) is 4. The molecule has 2 aromatic rings. The van der Waals surface area contributed by atoms with Crippen molar-refractivity contribution in [2.75, 3.05) is 11.1 Å². The minimum absolute atomic E-state index is 0.108. The maximum Gasteiger partial charge on any atom is 0.271 e. The lowest BCUT2D eigenvalue weighted by molar-refractivity contribution is -0.384. The highest BCUT2D eigenvalue weighted by Gasteiger charge is 2.44. The molecule has 1 fully saturated rings. The number of non-ortho nitro benzene ring substituents is 1. The first kappa shape index (κ1) is 15.3. The van der Waals surface area contributed by atoms with Crippen molar-refractivity contribution in [1.82, 2.24) is 0 Å². The van der Waals surface area contributed by atoms with Crippen LogP contribution in [-0.4, -0.2) is 10.8 Å². The van der Waals surface area contributed by atoms with Gasteiger partial charge in [-0.05, 0) is 36.1 Å². The zero-order valence-electron chi connectivity index (χ0n) is 12.0. The Balaban J connectivity index is 1.68. The molecule has 3 N–H and O–H groups in total. The van der Waals surface area contributed by atoms with Crippen LogP contribution in [0.25, 0.3) is 0 Å². The minimum Gasteiger partial charge on any atom is -0.397 e.